The van der Waals surface area contributed by atoms with Crippen molar-refractivity contribution in [2.24, 2.45) is 11.7 Å². The predicted octanol–water partition coefficient (Wildman–Crippen LogP) is 3.42. The van der Waals surface area contributed by atoms with E-state index in [0.717, 1.165) is 18.9 Å². The van der Waals surface area contributed by atoms with Crippen LogP contribution in [0.4, 0.5) is 14.5 Å². The highest BCUT2D eigenvalue weighted by atomic mass is 35.5. The SMILES string of the molecule is COc1c(N2CCCC(=C(F)CNC(=O)[C@H](CC(C)C)NC(=O)[C@H](C)N)C2)c(F)cc2c(=O)c(C(=O)O)cn(C3CC3)c12.Cl. The number of carbonyl (C=O) groups is 3. The molecule has 11 nitrogen and oxygen atoms in total. The number of nitrogens with one attached hydrogen (secondary N) is 2. The number of amides is 2. The summed E-state index contributed by atoms with van der Waals surface area (Å²) in [7, 11) is 1.35. The molecule has 4 rings (SSSR count). The van der Waals surface area contributed by atoms with Gasteiger partial charge >= 0.3 is 5.97 Å². The number of rotatable bonds is 11. The number of hydrogen-bond acceptors (Lipinski definition) is 7. The molecule has 1 saturated heterocycles. The second-order valence-electron chi connectivity index (χ2n) is 11.7. The molecule has 1 aromatic heterocycles. The number of anilines is 1. The van der Waals surface area contributed by atoms with Crippen LogP contribution in [-0.2, 0) is 9.59 Å². The van der Waals surface area contributed by atoms with Gasteiger partial charge in [0, 0.05) is 25.3 Å². The summed E-state index contributed by atoms with van der Waals surface area (Å²) in [5.41, 5.74) is 5.08. The van der Waals surface area contributed by atoms with E-state index in [1.807, 2.05) is 13.8 Å². The number of pyridine rings is 1. The monoisotopic (exact) mass is 639 g/mol. The summed E-state index contributed by atoms with van der Waals surface area (Å²) in [5, 5.41) is 14.6. The molecule has 1 aromatic carbocycles. The fraction of sp³-hybridized carbons (Fsp3) is 0.533. The zero-order valence-electron chi connectivity index (χ0n) is 25.2. The number of ether oxygens (including phenoxy) is 1. The maximum Gasteiger partial charge on any atom is 0.341 e. The zero-order chi connectivity index (χ0) is 31.6. The lowest BCUT2D eigenvalue weighted by molar-refractivity contribution is -0.129. The van der Waals surface area contributed by atoms with Gasteiger partial charge in [-0.2, -0.15) is 0 Å². The minimum Gasteiger partial charge on any atom is -0.492 e. The highest BCUT2D eigenvalue weighted by Gasteiger charge is 2.32. The number of carboxylic acids is 1. The lowest BCUT2D eigenvalue weighted by atomic mass is 10.0. The molecule has 2 aliphatic rings. The van der Waals surface area contributed by atoms with Crippen molar-refractivity contribution in [1.82, 2.24) is 15.2 Å². The van der Waals surface area contributed by atoms with E-state index in [1.54, 1.807) is 9.47 Å². The number of benzene rings is 1. The summed E-state index contributed by atoms with van der Waals surface area (Å²) in [6.07, 6.45) is 4.05. The zero-order valence-corrected chi connectivity index (χ0v) is 26.1. The Hall–Kier alpha value is -3.71. The third-order valence-corrected chi connectivity index (χ3v) is 7.73. The van der Waals surface area contributed by atoms with Gasteiger partial charge in [0.1, 0.15) is 23.1 Å². The molecule has 2 amide bonds. The fourth-order valence-electron chi connectivity index (χ4n) is 5.43. The summed E-state index contributed by atoms with van der Waals surface area (Å²) < 4.78 is 38.5. The maximum atomic E-state index is 15.7. The number of carboxylic acid groups (broad SMARTS) is 1. The number of carbonyl (C=O) groups excluding carboxylic acids is 2. The first kappa shape index (κ1) is 34.8. The third kappa shape index (κ3) is 7.49. The van der Waals surface area contributed by atoms with Gasteiger partial charge in [-0.25, -0.2) is 13.6 Å². The Kier molecular flexibility index (Phi) is 11.4. The van der Waals surface area contributed by atoms with Gasteiger partial charge in [0.05, 0.1) is 30.6 Å². The van der Waals surface area contributed by atoms with Crippen LogP contribution in [0.2, 0.25) is 0 Å². The lowest BCUT2D eigenvalue weighted by Crippen LogP contribution is -2.51. The first-order valence-corrected chi connectivity index (χ1v) is 14.5. The van der Waals surface area contributed by atoms with Gasteiger partial charge in [0.25, 0.3) is 0 Å². The average molecular weight is 640 g/mol. The van der Waals surface area contributed by atoms with Gasteiger partial charge in [-0.3, -0.25) is 14.4 Å². The molecule has 242 valence electrons. The molecule has 0 spiro atoms. The Bertz CT molecular complexity index is 1520. The molecule has 44 heavy (non-hydrogen) atoms. The molecular formula is C30H40ClF2N5O6. The number of aromatic carboxylic acids is 1. The second kappa shape index (κ2) is 14.4. The van der Waals surface area contributed by atoms with Crippen molar-refractivity contribution in [3.63, 3.8) is 0 Å². The summed E-state index contributed by atoms with van der Waals surface area (Å²) in [6, 6.07) is -0.703. The summed E-state index contributed by atoms with van der Waals surface area (Å²) in [5.74, 6) is -3.62. The van der Waals surface area contributed by atoms with Crippen LogP contribution in [0.5, 0.6) is 5.75 Å². The molecule has 2 aromatic rings. The van der Waals surface area contributed by atoms with E-state index in [-0.39, 0.29) is 47.7 Å². The van der Waals surface area contributed by atoms with Crippen molar-refractivity contribution in [2.45, 2.75) is 71.0 Å². The Morgan fingerprint density at radius 1 is 1.20 bits per heavy atom. The fourth-order valence-corrected chi connectivity index (χ4v) is 5.43. The van der Waals surface area contributed by atoms with Crippen LogP contribution >= 0.6 is 12.4 Å². The van der Waals surface area contributed by atoms with Crippen molar-refractivity contribution in [3.05, 3.63) is 45.3 Å². The lowest BCUT2D eigenvalue weighted by Gasteiger charge is -2.33. The summed E-state index contributed by atoms with van der Waals surface area (Å²) >= 11 is 0. The molecule has 5 N–H and O–H groups in total. The third-order valence-electron chi connectivity index (χ3n) is 7.73. The molecular weight excluding hydrogens is 600 g/mol. The predicted molar refractivity (Wildman–Crippen MR) is 165 cm³/mol. The normalized spacial score (nSPS) is 17.5. The smallest absolute Gasteiger partial charge is 0.341 e. The number of aromatic nitrogens is 1. The molecule has 1 aliphatic carbocycles. The highest BCUT2D eigenvalue weighted by Crippen LogP contribution is 2.44. The largest absolute Gasteiger partial charge is 0.492 e. The van der Waals surface area contributed by atoms with Crippen LogP contribution in [0.25, 0.3) is 10.9 Å². The van der Waals surface area contributed by atoms with Crippen LogP contribution in [0.15, 0.2) is 28.5 Å². The average Bonchev–Trinajstić information content (AvgIpc) is 3.80. The second-order valence-corrected chi connectivity index (χ2v) is 11.7. The van der Waals surface area contributed by atoms with E-state index < -0.39 is 59.0 Å². The number of piperidine rings is 1. The Morgan fingerprint density at radius 3 is 2.45 bits per heavy atom. The topological polar surface area (TPSA) is 156 Å². The van der Waals surface area contributed by atoms with Crippen LogP contribution in [0, 0.1) is 11.7 Å². The standard InChI is InChI=1S/C30H39F2N5O6.ClH/c1-15(2)10-23(35-28(39)16(3)33)29(40)34-12-22(32)17-6-5-9-36(13-17)25-21(31)11-19-24(27(25)43-4)37(18-7-8-18)14-20(26(19)38)30(41)42;/h11,14-16,18,23H,5-10,12-13,33H2,1-4H3,(H,34,40)(H,35,39)(H,41,42);1H/t16-,23-;/m0./s1. The molecule has 0 radical (unpaired) electrons. The maximum absolute atomic E-state index is 15.7. The van der Waals surface area contributed by atoms with E-state index in [1.165, 1.54) is 20.2 Å². The Labute approximate surface area is 260 Å². The molecule has 0 unspecified atom stereocenters. The van der Waals surface area contributed by atoms with Crippen LogP contribution in [-0.4, -0.2) is 66.3 Å². The Morgan fingerprint density at radius 2 is 1.89 bits per heavy atom. The first-order chi connectivity index (χ1) is 20.3. The molecule has 2 atom stereocenters. The van der Waals surface area contributed by atoms with Crippen molar-refractivity contribution in [2.75, 3.05) is 31.6 Å². The van der Waals surface area contributed by atoms with E-state index in [9.17, 15) is 24.3 Å². The van der Waals surface area contributed by atoms with Crippen LogP contribution in [0.1, 0.15) is 69.3 Å². The molecule has 14 heteroatoms. The van der Waals surface area contributed by atoms with Crippen molar-refractivity contribution < 1.29 is 33.0 Å². The first-order valence-electron chi connectivity index (χ1n) is 14.5. The number of hydrogen-bond donors (Lipinski definition) is 4. The van der Waals surface area contributed by atoms with Gasteiger partial charge in [0.15, 0.2) is 11.6 Å². The van der Waals surface area contributed by atoms with Crippen molar-refractivity contribution >= 4 is 46.8 Å². The van der Waals surface area contributed by atoms with E-state index in [2.05, 4.69) is 10.6 Å². The van der Waals surface area contributed by atoms with Crippen molar-refractivity contribution in [1.29, 1.82) is 0 Å². The Balaban J connectivity index is 0.00000529. The van der Waals surface area contributed by atoms with Crippen molar-refractivity contribution in [3.8, 4) is 5.75 Å². The minimum absolute atomic E-state index is 0. The number of methoxy groups -OCH3 is 1. The number of fused-ring (bicyclic) bond motifs is 1. The van der Waals surface area contributed by atoms with E-state index >= 15 is 8.78 Å². The number of halogens is 3. The van der Waals surface area contributed by atoms with Gasteiger partial charge in [0.2, 0.25) is 17.2 Å². The van der Waals surface area contributed by atoms with Crippen LogP contribution in [0.3, 0.4) is 0 Å². The van der Waals surface area contributed by atoms with Gasteiger partial charge in [-0.15, -0.1) is 12.4 Å². The summed E-state index contributed by atoms with van der Waals surface area (Å²) in [6.45, 7) is 5.28. The van der Waals surface area contributed by atoms with E-state index in [0.29, 0.717) is 36.9 Å². The molecule has 1 saturated carbocycles. The van der Waals surface area contributed by atoms with Crippen LogP contribution < -0.4 is 31.4 Å². The quantitative estimate of drug-likeness (QED) is 0.291. The van der Waals surface area contributed by atoms with Gasteiger partial charge < -0.3 is 35.7 Å². The minimum atomic E-state index is -1.40. The van der Waals surface area contributed by atoms with Gasteiger partial charge in [-0.1, -0.05) is 13.8 Å². The molecule has 2 heterocycles. The van der Waals surface area contributed by atoms with E-state index in [4.69, 9.17) is 10.5 Å². The molecule has 1 aliphatic heterocycles. The highest BCUT2D eigenvalue weighted by molar-refractivity contribution is 5.97. The summed E-state index contributed by atoms with van der Waals surface area (Å²) in [4.78, 5) is 51.3. The van der Waals surface area contributed by atoms with Gasteiger partial charge in [-0.05, 0) is 56.6 Å². The number of nitrogens with two attached hydrogens (primary N) is 1. The molecule has 2 fully saturated rings. The molecule has 0 bridgehead atoms. The number of nitrogens with zero attached hydrogens (tertiary/aromatic N) is 2.